The number of para-hydroxylation sites is 2. The third kappa shape index (κ3) is 4.40. The number of aryl methyl sites for hydroxylation is 1. The molecule has 0 spiro atoms. The summed E-state index contributed by atoms with van der Waals surface area (Å²) >= 11 is 2.81. The Bertz CT molecular complexity index is 860. The molecule has 0 radical (unpaired) electrons. The molecule has 3 aromatic rings. The molecular formula is C17H18N4O2S2. The van der Waals surface area contributed by atoms with Gasteiger partial charge in [-0.15, -0.1) is 10.2 Å². The first-order valence-electron chi connectivity index (χ1n) is 7.77. The number of aromatic nitrogens is 3. The topological polar surface area (TPSA) is 69.0 Å². The number of nitrogens with one attached hydrogen (secondary N) is 1. The molecule has 1 aromatic carbocycles. The molecular weight excluding hydrogens is 356 g/mol. The van der Waals surface area contributed by atoms with Gasteiger partial charge in [-0.2, -0.15) is 0 Å². The molecule has 0 bridgehead atoms. The third-order valence-corrected chi connectivity index (χ3v) is 5.36. The number of anilines is 2. The normalized spacial score (nSPS) is 10.6. The van der Waals surface area contributed by atoms with Crippen LogP contribution in [0.1, 0.15) is 17.4 Å². The lowest BCUT2D eigenvalue weighted by molar-refractivity contribution is 0.101. The molecule has 3 rings (SSSR count). The molecule has 1 N–H and O–H groups in total. The summed E-state index contributed by atoms with van der Waals surface area (Å²) in [7, 11) is 1.86. The van der Waals surface area contributed by atoms with Crippen molar-refractivity contribution in [2.45, 2.75) is 11.3 Å². The Morgan fingerprint density at radius 2 is 2.12 bits per heavy atom. The van der Waals surface area contributed by atoms with Gasteiger partial charge in [-0.05, 0) is 31.2 Å². The highest BCUT2D eigenvalue weighted by Gasteiger charge is 2.13. The van der Waals surface area contributed by atoms with Gasteiger partial charge in [-0.25, -0.2) is 0 Å². The van der Waals surface area contributed by atoms with Crippen LogP contribution in [-0.2, 0) is 7.05 Å². The summed E-state index contributed by atoms with van der Waals surface area (Å²) in [6.45, 7) is 2.54. The van der Waals surface area contributed by atoms with E-state index in [4.69, 9.17) is 4.74 Å². The fraction of sp³-hybridized carbons (Fsp3) is 0.235. The van der Waals surface area contributed by atoms with Crippen molar-refractivity contribution in [3.63, 3.8) is 0 Å². The lowest BCUT2D eigenvalue weighted by Crippen LogP contribution is -2.07. The molecule has 2 aromatic heterocycles. The molecule has 0 aliphatic carbocycles. The van der Waals surface area contributed by atoms with Crippen LogP contribution >= 0.6 is 23.1 Å². The van der Waals surface area contributed by atoms with Crippen molar-refractivity contribution in [1.29, 1.82) is 0 Å². The molecule has 0 fully saturated rings. The molecule has 0 atom stereocenters. The number of thioether (sulfide) groups is 1. The van der Waals surface area contributed by atoms with E-state index >= 15 is 0 Å². The van der Waals surface area contributed by atoms with E-state index < -0.39 is 0 Å². The molecule has 130 valence electrons. The molecule has 25 heavy (non-hydrogen) atoms. The van der Waals surface area contributed by atoms with Crippen LogP contribution in [0, 0.1) is 0 Å². The molecule has 0 unspecified atom stereocenters. The van der Waals surface area contributed by atoms with E-state index in [9.17, 15) is 4.79 Å². The van der Waals surface area contributed by atoms with Gasteiger partial charge in [0.15, 0.2) is 10.1 Å². The van der Waals surface area contributed by atoms with E-state index in [2.05, 4.69) is 15.5 Å². The number of benzene rings is 1. The van der Waals surface area contributed by atoms with Gasteiger partial charge in [-0.3, -0.25) is 4.79 Å². The number of carbonyl (C=O) groups excluding carboxylic acids is 1. The minimum atomic E-state index is 0.0731. The van der Waals surface area contributed by atoms with Crippen LogP contribution in [-0.4, -0.2) is 32.9 Å². The SMILES string of the molecule is CCOc1ccccc1Nc1nnc(SCC(=O)c2cccn2C)s1. The van der Waals surface area contributed by atoms with Gasteiger partial charge in [0.25, 0.3) is 0 Å². The van der Waals surface area contributed by atoms with Crippen molar-refractivity contribution in [3.05, 3.63) is 48.3 Å². The number of Topliss-reactive ketones (excluding diaryl/α,β-unsaturated/α-hetero) is 1. The molecule has 2 heterocycles. The zero-order chi connectivity index (χ0) is 17.6. The average Bonchev–Trinajstić information content (AvgIpc) is 3.24. The van der Waals surface area contributed by atoms with Crippen LogP contribution in [0.15, 0.2) is 46.9 Å². The first-order chi connectivity index (χ1) is 12.2. The largest absolute Gasteiger partial charge is 0.492 e. The van der Waals surface area contributed by atoms with Crippen molar-refractivity contribution in [2.24, 2.45) is 7.05 Å². The quantitative estimate of drug-likeness (QED) is 0.475. The van der Waals surface area contributed by atoms with E-state index in [0.717, 1.165) is 15.8 Å². The molecule has 0 saturated carbocycles. The highest BCUT2D eigenvalue weighted by molar-refractivity contribution is 8.01. The zero-order valence-electron chi connectivity index (χ0n) is 13.9. The van der Waals surface area contributed by atoms with Gasteiger partial charge in [0.2, 0.25) is 5.13 Å². The fourth-order valence-electron chi connectivity index (χ4n) is 2.24. The summed E-state index contributed by atoms with van der Waals surface area (Å²) in [5.41, 5.74) is 1.54. The second-order valence-corrected chi connectivity index (χ2v) is 7.34. The first-order valence-corrected chi connectivity index (χ1v) is 9.57. The molecule has 8 heteroatoms. The number of carbonyl (C=O) groups is 1. The first kappa shape index (κ1) is 17.5. The van der Waals surface area contributed by atoms with Crippen LogP contribution in [0.3, 0.4) is 0 Å². The standard InChI is InChI=1S/C17H18N4O2S2/c1-3-23-15-9-5-4-7-12(15)18-16-19-20-17(25-16)24-11-14(22)13-8-6-10-21(13)2/h4-10H,3,11H2,1-2H3,(H,18,19). The van der Waals surface area contributed by atoms with Crippen LogP contribution in [0.4, 0.5) is 10.8 Å². The summed E-state index contributed by atoms with van der Waals surface area (Å²) in [5, 5.41) is 12.2. The van der Waals surface area contributed by atoms with E-state index in [1.807, 2.05) is 61.1 Å². The van der Waals surface area contributed by atoms with Gasteiger partial charge < -0.3 is 14.6 Å². The Kier molecular flexibility index (Phi) is 5.72. The number of rotatable bonds is 8. The summed E-state index contributed by atoms with van der Waals surface area (Å²) < 4.78 is 8.16. The minimum absolute atomic E-state index is 0.0731. The smallest absolute Gasteiger partial charge is 0.210 e. The van der Waals surface area contributed by atoms with Crippen LogP contribution < -0.4 is 10.1 Å². The second-order valence-electron chi connectivity index (χ2n) is 5.14. The third-order valence-electron chi connectivity index (χ3n) is 3.39. The summed E-state index contributed by atoms with van der Waals surface area (Å²) in [4.78, 5) is 12.2. The van der Waals surface area contributed by atoms with Gasteiger partial charge in [0.1, 0.15) is 5.75 Å². The predicted octanol–water partition coefficient (Wildman–Crippen LogP) is 3.99. The number of ether oxygens (including phenoxy) is 1. The second kappa shape index (κ2) is 8.17. The number of hydrogen-bond donors (Lipinski definition) is 1. The molecule has 0 aliphatic heterocycles. The van der Waals surface area contributed by atoms with Crippen LogP contribution in [0.5, 0.6) is 5.75 Å². The van der Waals surface area contributed by atoms with Crippen molar-refractivity contribution in [1.82, 2.24) is 14.8 Å². The molecule has 0 aliphatic rings. The Morgan fingerprint density at radius 1 is 1.28 bits per heavy atom. The molecule has 0 saturated heterocycles. The van der Waals surface area contributed by atoms with Crippen molar-refractivity contribution < 1.29 is 9.53 Å². The maximum absolute atomic E-state index is 12.2. The van der Waals surface area contributed by atoms with E-state index in [0.29, 0.717) is 23.2 Å². The molecule has 0 amide bonds. The van der Waals surface area contributed by atoms with Gasteiger partial charge >= 0.3 is 0 Å². The number of ketones is 1. The van der Waals surface area contributed by atoms with E-state index in [1.54, 1.807) is 0 Å². The predicted molar refractivity (Wildman–Crippen MR) is 101 cm³/mol. The maximum atomic E-state index is 12.2. The fourth-order valence-corrected chi connectivity index (χ4v) is 3.88. The Labute approximate surface area is 154 Å². The average molecular weight is 374 g/mol. The van der Waals surface area contributed by atoms with Crippen LogP contribution in [0.2, 0.25) is 0 Å². The van der Waals surface area contributed by atoms with Crippen molar-refractivity contribution in [3.8, 4) is 5.75 Å². The van der Waals surface area contributed by atoms with Crippen molar-refractivity contribution >= 4 is 39.7 Å². The summed E-state index contributed by atoms with van der Waals surface area (Å²) in [6, 6.07) is 11.4. The summed E-state index contributed by atoms with van der Waals surface area (Å²) in [5.74, 6) is 1.18. The lowest BCUT2D eigenvalue weighted by Gasteiger charge is -2.09. The van der Waals surface area contributed by atoms with Crippen LogP contribution in [0.25, 0.3) is 0 Å². The number of hydrogen-bond acceptors (Lipinski definition) is 7. The molecule has 6 nitrogen and oxygen atoms in total. The summed E-state index contributed by atoms with van der Waals surface area (Å²) in [6.07, 6.45) is 1.86. The van der Waals surface area contributed by atoms with E-state index in [-0.39, 0.29) is 5.78 Å². The Balaban J connectivity index is 1.61. The monoisotopic (exact) mass is 374 g/mol. The highest BCUT2D eigenvalue weighted by atomic mass is 32.2. The minimum Gasteiger partial charge on any atom is -0.492 e. The lowest BCUT2D eigenvalue weighted by atomic mass is 10.3. The maximum Gasteiger partial charge on any atom is 0.210 e. The van der Waals surface area contributed by atoms with Gasteiger partial charge in [0.05, 0.1) is 23.7 Å². The Morgan fingerprint density at radius 3 is 2.88 bits per heavy atom. The van der Waals surface area contributed by atoms with Gasteiger partial charge in [0, 0.05) is 13.2 Å². The number of nitrogens with zero attached hydrogens (tertiary/aromatic N) is 3. The zero-order valence-corrected chi connectivity index (χ0v) is 15.6. The van der Waals surface area contributed by atoms with E-state index in [1.165, 1.54) is 23.1 Å². The Hall–Kier alpha value is -2.32. The van der Waals surface area contributed by atoms with Gasteiger partial charge in [-0.1, -0.05) is 35.2 Å². The highest BCUT2D eigenvalue weighted by Crippen LogP contribution is 2.31. The van der Waals surface area contributed by atoms with Crippen molar-refractivity contribution in [2.75, 3.05) is 17.7 Å².